The SMILES string of the molecule is CCOC(=O)Cc1ncc(C(F)(F)F)c(C(F)F)c1Br. The molecule has 3 nitrogen and oxygen atoms in total. The number of rotatable bonds is 4. The third-order valence-electron chi connectivity index (χ3n) is 2.27. The van der Waals surface area contributed by atoms with Crippen molar-refractivity contribution < 1.29 is 31.5 Å². The summed E-state index contributed by atoms with van der Waals surface area (Å²) in [6.45, 7) is 1.61. The number of ether oxygens (including phenoxy) is 1. The van der Waals surface area contributed by atoms with E-state index >= 15 is 0 Å². The second kappa shape index (κ2) is 6.47. The highest BCUT2D eigenvalue weighted by Crippen LogP contribution is 2.40. The Labute approximate surface area is 119 Å². The highest BCUT2D eigenvalue weighted by Gasteiger charge is 2.38. The van der Waals surface area contributed by atoms with E-state index in [4.69, 9.17) is 0 Å². The van der Waals surface area contributed by atoms with E-state index in [1.165, 1.54) is 6.92 Å². The number of carbonyl (C=O) groups excluding carboxylic acids is 1. The fraction of sp³-hybridized carbons (Fsp3) is 0.455. The first kappa shape index (κ1) is 16.8. The highest BCUT2D eigenvalue weighted by atomic mass is 79.9. The van der Waals surface area contributed by atoms with E-state index in [1.807, 2.05) is 0 Å². The minimum absolute atomic E-state index is 0.0682. The molecule has 0 saturated heterocycles. The number of hydrogen-bond donors (Lipinski definition) is 0. The lowest BCUT2D eigenvalue weighted by Gasteiger charge is -2.15. The molecule has 112 valence electrons. The normalized spacial score (nSPS) is 11.8. The second-order valence-corrected chi connectivity index (χ2v) is 4.42. The van der Waals surface area contributed by atoms with Crippen LogP contribution in [-0.2, 0) is 22.1 Å². The Hall–Kier alpha value is -1.25. The predicted octanol–water partition coefficient (Wildman–Crippen LogP) is 3.91. The van der Waals surface area contributed by atoms with E-state index in [0.29, 0.717) is 6.20 Å². The van der Waals surface area contributed by atoms with Crippen molar-refractivity contribution in [3.63, 3.8) is 0 Å². The molecule has 1 rings (SSSR count). The minimum atomic E-state index is -4.95. The van der Waals surface area contributed by atoms with Crippen LogP contribution in [0.5, 0.6) is 0 Å². The lowest BCUT2D eigenvalue weighted by atomic mass is 10.1. The Kier molecular flexibility index (Phi) is 5.43. The summed E-state index contributed by atoms with van der Waals surface area (Å²) in [5, 5.41) is 0. The van der Waals surface area contributed by atoms with Gasteiger partial charge in [-0.1, -0.05) is 0 Å². The molecule has 9 heteroatoms. The van der Waals surface area contributed by atoms with E-state index in [9.17, 15) is 26.7 Å². The van der Waals surface area contributed by atoms with Gasteiger partial charge in [0.2, 0.25) is 0 Å². The van der Waals surface area contributed by atoms with Crippen molar-refractivity contribution >= 4 is 21.9 Å². The Bertz CT molecular complexity index is 504. The van der Waals surface area contributed by atoms with E-state index in [0.717, 1.165) is 0 Å². The molecule has 0 fully saturated rings. The Balaban J connectivity index is 3.26. The maximum Gasteiger partial charge on any atom is 0.418 e. The molecule has 0 aliphatic heterocycles. The number of carbonyl (C=O) groups is 1. The Morgan fingerprint density at radius 2 is 2.05 bits per heavy atom. The van der Waals surface area contributed by atoms with Gasteiger partial charge in [-0.2, -0.15) is 13.2 Å². The van der Waals surface area contributed by atoms with Crippen LogP contribution < -0.4 is 0 Å². The van der Waals surface area contributed by atoms with Gasteiger partial charge in [-0.05, 0) is 22.9 Å². The molecule has 20 heavy (non-hydrogen) atoms. The number of alkyl halides is 5. The van der Waals surface area contributed by atoms with Crippen molar-refractivity contribution in [2.45, 2.75) is 25.9 Å². The number of hydrogen-bond acceptors (Lipinski definition) is 3. The van der Waals surface area contributed by atoms with Crippen LogP contribution in [0.4, 0.5) is 22.0 Å². The summed E-state index contributed by atoms with van der Waals surface area (Å²) in [4.78, 5) is 14.6. The van der Waals surface area contributed by atoms with Gasteiger partial charge < -0.3 is 4.74 Å². The summed E-state index contributed by atoms with van der Waals surface area (Å²) in [6, 6.07) is 0. The smallest absolute Gasteiger partial charge is 0.418 e. The fourth-order valence-electron chi connectivity index (χ4n) is 1.45. The predicted molar refractivity (Wildman–Crippen MR) is 62.2 cm³/mol. The monoisotopic (exact) mass is 361 g/mol. The maximum atomic E-state index is 12.8. The van der Waals surface area contributed by atoms with Gasteiger partial charge in [-0.3, -0.25) is 9.78 Å². The second-order valence-electron chi connectivity index (χ2n) is 3.63. The summed E-state index contributed by atoms with van der Waals surface area (Å²) in [5.74, 6) is -0.763. The van der Waals surface area contributed by atoms with Crippen LogP contribution in [0.3, 0.4) is 0 Å². The average Bonchev–Trinajstić information content (AvgIpc) is 2.29. The molecule has 1 aromatic rings. The van der Waals surface area contributed by atoms with Crippen LogP contribution in [0.1, 0.15) is 30.2 Å². The summed E-state index contributed by atoms with van der Waals surface area (Å²) in [6.07, 6.45) is -8.51. The lowest BCUT2D eigenvalue weighted by molar-refractivity contribution is -0.142. The molecule has 0 unspecified atom stereocenters. The molecule has 0 aliphatic carbocycles. The van der Waals surface area contributed by atoms with Crippen LogP contribution in [0.2, 0.25) is 0 Å². The first-order valence-corrected chi connectivity index (χ1v) is 6.16. The zero-order valence-corrected chi connectivity index (χ0v) is 11.7. The molecule has 1 heterocycles. The lowest BCUT2D eigenvalue weighted by Crippen LogP contribution is -2.15. The van der Waals surface area contributed by atoms with Crippen LogP contribution >= 0.6 is 15.9 Å². The van der Waals surface area contributed by atoms with E-state index in [-0.39, 0.29) is 12.3 Å². The molecule has 0 saturated carbocycles. The number of nitrogens with zero attached hydrogens (tertiary/aromatic N) is 1. The summed E-state index contributed by atoms with van der Waals surface area (Å²) >= 11 is 2.65. The van der Waals surface area contributed by atoms with Gasteiger partial charge in [0.25, 0.3) is 6.43 Å². The van der Waals surface area contributed by atoms with Gasteiger partial charge in [-0.15, -0.1) is 0 Å². The van der Waals surface area contributed by atoms with Gasteiger partial charge in [0.1, 0.15) is 0 Å². The Morgan fingerprint density at radius 1 is 1.45 bits per heavy atom. The molecule has 0 atom stereocenters. The third-order valence-corrected chi connectivity index (χ3v) is 3.16. The molecule has 0 N–H and O–H groups in total. The Morgan fingerprint density at radius 3 is 2.50 bits per heavy atom. The van der Waals surface area contributed by atoms with Crippen LogP contribution in [0, 0.1) is 0 Å². The minimum Gasteiger partial charge on any atom is -0.466 e. The molecular formula is C11H9BrF5NO2. The fourth-order valence-corrected chi connectivity index (χ4v) is 2.08. The van der Waals surface area contributed by atoms with Crippen LogP contribution in [0.25, 0.3) is 0 Å². The zero-order valence-electron chi connectivity index (χ0n) is 10.1. The molecule has 1 aromatic heterocycles. The standard InChI is InChI=1S/C11H9BrF5NO2/c1-2-20-7(19)3-6-9(12)8(10(13)14)5(4-18-6)11(15,16)17/h4,10H,2-3H2,1H3. The summed E-state index contributed by atoms with van der Waals surface area (Å²) in [7, 11) is 0. The molecule has 0 amide bonds. The van der Waals surface area contributed by atoms with Gasteiger partial charge in [0.05, 0.1) is 24.3 Å². The average molecular weight is 362 g/mol. The molecular weight excluding hydrogens is 353 g/mol. The van der Waals surface area contributed by atoms with Crippen LogP contribution in [0.15, 0.2) is 10.7 Å². The topological polar surface area (TPSA) is 39.2 Å². The summed E-state index contributed by atoms with van der Waals surface area (Å²) < 4.78 is 67.5. The number of esters is 1. The number of halogens is 6. The van der Waals surface area contributed by atoms with Crippen molar-refractivity contribution in [3.8, 4) is 0 Å². The largest absolute Gasteiger partial charge is 0.466 e. The van der Waals surface area contributed by atoms with E-state index in [1.54, 1.807) is 0 Å². The molecule has 0 aromatic carbocycles. The quantitative estimate of drug-likeness (QED) is 0.602. The third kappa shape index (κ3) is 3.87. The first-order valence-electron chi connectivity index (χ1n) is 5.36. The van der Waals surface area contributed by atoms with E-state index in [2.05, 4.69) is 25.7 Å². The summed E-state index contributed by atoms with van der Waals surface area (Å²) in [5.41, 5.74) is -2.99. The number of pyridine rings is 1. The zero-order chi connectivity index (χ0) is 15.5. The molecule has 0 radical (unpaired) electrons. The maximum absolute atomic E-state index is 12.8. The molecule has 0 aliphatic rings. The van der Waals surface area contributed by atoms with Gasteiger partial charge in [0.15, 0.2) is 0 Å². The number of aromatic nitrogens is 1. The first-order chi connectivity index (χ1) is 9.18. The van der Waals surface area contributed by atoms with Crippen molar-refractivity contribution in [1.29, 1.82) is 0 Å². The van der Waals surface area contributed by atoms with Crippen molar-refractivity contribution in [3.05, 3.63) is 27.5 Å². The molecule has 0 bridgehead atoms. The van der Waals surface area contributed by atoms with Crippen molar-refractivity contribution in [2.24, 2.45) is 0 Å². The van der Waals surface area contributed by atoms with Gasteiger partial charge in [-0.25, -0.2) is 8.78 Å². The van der Waals surface area contributed by atoms with Crippen molar-refractivity contribution in [2.75, 3.05) is 6.61 Å². The van der Waals surface area contributed by atoms with Gasteiger partial charge in [0, 0.05) is 16.2 Å². The van der Waals surface area contributed by atoms with E-state index < -0.39 is 40.6 Å². The van der Waals surface area contributed by atoms with Crippen molar-refractivity contribution in [1.82, 2.24) is 4.98 Å². The van der Waals surface area contributed by atoms with Crippen LogP contribution in [-0.4, -0.2) is 17.6 Å². The van der Waals surface area contributed by atoms with Gasteiger partial charge >= 0.3 is 12.1 Å². The highest BCUT2D eigenvalue weighted by molar-refractivity contribution is 9.10. The molecule has 0 spiro atoms.